The maximum atomic E-state index is 15.4. The average molecular weight is 524 g/mol. The van der Waals surface area contributed by atoms with Crippen molar-refractivity contribution in [3.05, 3.63) is 30.2 Å². The molecule has 0 unspecified atom stereocenters. The van der Waals surface area contributed by atoms with Crippen LogP contribution in [0.4, 0.5) is 23.5 Å². The van der Waals surface area contributed by atoms with Crippen LogP contribution in [-0.2, 0) is 11.3 Å². The molecule has 0 aliphatic carbocycles. The van der Waals surface area contributed by atoms with Crippen molar-refractivity contribution >= 4 is 22.5 Å². The molecule has 196 valence electrons. The van der Waals surface area contributed by atoms with E-state index in [4.69, 9.17) is 13.6 Å². The molecule has 1 atom stereocenters. The van der Waals surface area contributed by atoms with E-state index in [0.717, 1.165) is 10.7 Å². The first-order chi connectivity index (χ1) is 19.0. The second-order valence-electron chi connectivity index (χ2n) is 9.10. The number of rotatable bonds is 7. The van der Waals surface area contributed by atoms with Crippen LogP contribution in [0.1, 0.15) is 10.5 Å². The lowest BCUT2D eigenvalue weighted by molar-refractivity contribution is -0.131. The molecule has 2 fully saturated rings. The first-order valence-electron chi connectivity index (χ1n) is 13.2. The van der Waals surface area contributed by atoms with E-state index < -0.39 is 43.9 Å². The number of likely N-dealkylation sites (tertiary alicyclic amines) is 1. The lowest BCUT2D eigenvalue weighted by atomic mass is 9.98. The Morgan fingerprint density at radius 2 is 2.19 bits per heavy atom. The third-order valence-electron chi connectivity index (χ3n) is 6.82. The number of hydrogen-bond acceptors (Lipinski definition) is 8. The van der Waals surface area contributed by atoms with Gasteiger partial charge in [0.1, 0.15) is 17.7 Å². The molecule has 1 N–H and O–H groups in total. The van der Waals surface area contributed by atoms with Gasteiger partial charge in [0, 0.05) is 6.54 Å². The maximum Gasteiger partial charge on any atom is 0.280 e. The monoisotopic (exact) mass is 523 g/mol. The average Bonchev–Trinajstić information content (AvgIpc) is 3.38. The number of halogens is 4. The smallest absolute Gasteiger partial charge is 0.280 e. The summed E-state index contributed by atoms with van der Waals surface area (Å²) in [5, 5.41) is 14.6. The van der Waals surface area contributed by atoms with Crippen molar-refractivity contribution in [2.45, 2.75) is 31.0 Å². The lowest BCUT2D eigenvalue weighted by Gasteiger charge is -2.44. The molecule has 2 aliphatic heterocycles. The molecule has 4 aromatic rings. The zero-order valence-electron chi connectivity index (χ0n) is 22.4. The van der Waals surface area contributed by atoms with Crippen molar-refractivity contribution in [3.63, 3.8) is 0 Å². The number of fused-ring (bicyclic) bond motifs is 2. The van der Waals surface area contributed by atoms with Gasteiger partial charge in [0.25, 0.3) is 5.92 Å². The second-order valence-corrected chi connectivity index (χ2v) is 9.10. The van der Waals surface area contributed by atoms with Crippen LogP contribution in [0.3, 0.4) is 0 Å². The normalized spacial score (nSPS) is 21.9. The van der Waals surface area contributed by atoms with E-state index in [9.17, 15) is 4.39 Å². The van der Waals surface area contributed by atoms with Crippen LogP contribution in [-0.4, -0.2) is 92.5 Å². The highest BCUT2D eigenvalue weighted by Gasteiger charge is 2.47. The Bertz CT molecular complexity index is 1560. The summed E-state index contributed by atoms with van der Waals surface area (Å²) in [5.74, 6) is -4.83. The fourth-order valence-corrected chi connectivity index (χ4v) is 4.84. The Morgan fingerprint density at radius 3 is 2.92 bits per heavy atom. The van der Waals surface area contributed by atoms with E-state index in [-0.39, 0.29) is 41.6 Å². The molecule has 2 aliphatic rings. The van der Waals surface area contributed by atoms with Crippen LogP contribution in [0.5, 0.6) is 5.88 Å². The molecule has 0 spiro atoms. The Morgan fingerprint density at radius 1 is 1.32 bits per heavy atom. The molecular formula is C23H24F4N8O2. The highest BCUT2D eigenvalue weighted by atomic mass is 19.3. The van der Waals surface area contributed by atoms with Gasteiger partial charge in [0.15, 0.2) is 5.82 Å². The number of aryl methyl sites for hydroxylation is 1. The number of methoxy groups -OCH3 is 1. The second kappa shape index (κ2) is 9.10. The largest absolute Gasteiger partial charge is 0.479 e. The molecule has 37 heavy (non-hydrogen) atoms. The van der Waals surface area contributed by atoms with Gasteiger partial charge in [-0.15, -0.1) is 10.2 Å². The standard InChI is InChI=1S/C23H24F4N8O2/c1-36-21-20-19(13-2-3-16-17(8-13)34(7-5-24)32-30-16)15(25)9-35(20)31-22(29-21)28-18-4-6-33(12-23(18,26)27)14-10-37-11-14/h2-3,8-9,14,18H,4-7,10-12H2,1H3,(H,28,31)/t18-/m1/s1/i1D3. The van der Waals surface area contributed by atoms with E-state index in [1.807, 2.05) is 0 Å². The summed E-state index contributed by atoms with van der Waals surface area (Å²) in [6.45, 7) is -0.0409. The van der Waals surface area contributed by atoms with Gasteiger partial charge in [-0.05, 0) is 24.1 Å². The van der Waals surface area contributed by atoms with Crippen molar-refractivity contribution in [2.75, 3.05) is 45.3 Å². The molecule has 10 nitrogen and oxygen atoms in total. The molecule has 6 rings (SSSR count). The number of nitrogens with zero attached hydrogens (tertiary/aromatic N) is 7. The van der Waals surface area contributed by atoms with Crippen molar-refractivity contribution in [2.24, 2.45) is 0 Å². The Balaban J connectivity index is 1.39. The van der Waals surface area contributed by atoms with E-state index in [1.54, 1.807) is 11.0 Å². The number of hydrogen-bond donors (Lipinski definition) is 1. The number of nitrogens with one attached hydrogen (secondary N) is 1. The predicted octanol–water partition coefficient (Wildman–Crippen LogP) is 2.78. The fraction of sp³-hybridized carbons (Fsp3) is 0.478. The fourth-order valence-electron chi connectivity index (χ4n) is 4.84. The molecule has 14 heteroatoms. The summed E-state index contributed by atoms with van der Waals surface area (Å²) in [6, 6.07) is 3.21. The van der Waals surface area contributed by atoms with Gasteiger partial charge in [-0.2, -0.15) is 4.98 Å². The predicted molar refractivity (Wildman–Crippen MR) is 125 cm³/mol. The SMILES string of the molecule is [2H]C([2H])([2H])Oc1nc(N[C@@H]2CCN(C3COC3)CC2(F)F)nn2cc(F)c(-c3ccc4nnn(CCF)c4c3)c12. The number of piperidine rings is 1. The zero-order valence-corrected chi connectivity index (χ0v) is 19.4. The summed E-state index contributed by atoms with van der Waals surface area (Å²) >= 11 is 0. The topological polar surface area (TPSA) is 94.6 Å². The van der Waals surface area contributed by atoms with Crippen LogP contribution in [0.25, 0.3) is 27.7 Å². The summed E-state index contributed by atoms with van der Waals surface area (Å²) in [4.78, 5) is 5.76. The highest BCUT2D eigenvalue weighted by Crippen LogP contribution is 2.36. The minimum absolute atomic E-state index is 0.0504. The number of benzene rings is 1. The van der Waals surface area contributed by atoms with Crippen molar-refractivity contribution in [1.82, 2.24) is 34.5 Å². The van der Waals surface area contributed by atoms with Gasteiger partial charge in [-0.25, -0.2) is 26.8 Å². The van der Waals surface area contributed by atoms with E-state index in [0.29, 0.717) is 30.8 Å². The van der Waals surface area contributed by atoms with Crippen LogP contribution < -0.4 is 10.1 Å². The quantitative estimate of drug-likeness (QED) is 0.370. The summed E-state index contributed by atoms with van der Waals surface area (Å²) in [5.41, 5.74) is 0.915. The van der Waals surface area contributed by atoms with Crippen LogP contribution >= 0.6 is 0 Å². The molecule has 3 aromatic heterocycles. The van der Waals surface area contributed by atoms with Gasteiger partial charge >= 0.3 is 0 Å². The first kappa shape index (κ1) is 20.5. The lowest BCUT2D eigenvalue weighted by Crippen LogP contribution is -2.61. The number of alkyl halides is 3. The number of aromatic nitrogens is 6. The minimum Gasteiger partial charge on any atom is -0.479 e. The maximum absolute atomic E-state index is 15.4. The van der Waals surface area contributed by atoms with Gasteiger partial charge in [-0.3, -0.25) is 4.90 Å². The highest BCUT2D eigenvalue weighted by molar-refractivity contribution is 5.89. The third-order valence-corrected chi connectivity index (χ3v) is 6.82. The first-order valence-corrected chi connectivity index (χ1v) is 11.7. The molecule has 0 amide bonds. The molecule has 1 aromatic carbocycles. The number of anilines is 1. The van der Waals surface area contributed by atoms with E-state index >= 15 is 13.2 Å². The van der Waals surface area contributed by atoms with Crippen molar-refractivity contribution in [1.29, 1.82) is 0 Å². The Labute approximate surface area is 212 Å². The molecular weight excluding hydrogens is 496 g/mol. The van der Waals surface area contributed by atoms with Crippen LogP contribution in [0, 0.1) is 5.82 Å². The van der Waals surface area contributed by atoms with E-state index in [2.05, 4.69) is 25.7 Å². The van der Waals surface area contributed by atoms with Gasteiger partial charge < -0.3 is 14.8 Å². The van der Waals surface area contributed by atoms with E-state index in [1.165, 1.54) is 16.8 Å². The minimum atomic E-state index is -3.16. The Kier molecular flexibility index (Phi) is 5.05. The number of ether oxygens (including phenoxy) is 2. The van der Waals surface area contributed by atoms with Crippen LogP contribution in [0.15, 0.2) is 24.4 Å². The van der Waals surface area contributed by atoms with Gasteiger partial charge in [-0.1, -0.05) is 11.3 Å². The molecule has 0 saturated carbocycles. The molecule has 5 heterocycles. The molecule has 0 bridgehead atoms. The van der Waals surface area contributed by atoms with Gasteiger partial charge in [0.05, 0.1) is 66.8 Å². The van der Waals surface area contributed by atoms with Gasteiger partial charge in [0.2, 0.25) is 11.8 Å². The third kappa shape index (κ3) is 4.13. The summed E-state index contributed by atoms with van der Waals surface area (Å²) < 4.78 is 93.8. The summed E-state index contributed by atoms with van der Waals surface area (Å²) in [7, 11) is -2.99. The van der Waals surface area contributed by atoms with Crippen molar-refractivity contribution in [3.8, 4) is 17.0 Å². The Hall–Kier alpha value is -3.52. The van der Waals surface area contributed by atoms with Crippen molar-refractivity contribution < 1.29 is 31.1 Å². The zero-order chi connectivity index (χ0) is 28.2. The van der Waals surface area contributed by atoms with Crippen LogP contribution in [0.2, 0.25) is 0 Å². The molecule has 2 saturated heterocycles. The summed E-state index contributed by atoms with van der Waals surface area (Å²) in [6.07, 6.45) is 1.04. The molecule has 0 radical (unpaired) electrons.